The average molecular weight is 451 g/mol. The molecule has 166 valence electrons. The summed E-state index contributed by atoms with van der Waals surface area (Å²) in [5.74, 6) is -0.501. The molecule has 0 saturated carbocycles. The minimum absolute atomic E-state index is 0.206. The standard InChI is InChI=1S/C25H27ClN4O2/c1-4-5-16-30-24(26)20(18(3)29-30)14-15-23(31)27-21-12-9-13-22(17(21)2)28-25(32)19-10-7-6-8-11-19/h6-15H,4-5,16H2,1-3H3,(H,27,31)(H,28,32). The summed E-state index contributed by atoms with van der Waals surface area (Å²) in [6.45, 7) is 6.57. The van der Waals surface area contributed by atoms with Gasteiger partial charge >= 0.3 is 0 Å². The molecule has 0 spiro atoms. The quantitative estimate of drug-likeness (QED) is 0.422. The molecule has 7 heteroatoms. The summed E-state index contributed by atoms with van der Waals surface area (Å²) in [6.07, 6.45) is 5.15. The van der Waals surface area contributed by atoms with Crippen molar-refractivity contribution in [3.63, 3.8) is 0 Å². The molecule has 2 aromatic carbocycles. The second-order valence-corrected chi connectivity index (χ2v) is 7.85. The van der Waals surface area contributed by atoms with E-state index in [9.17, 15) is 9.59 Å². The van der Waals surface area contributed by atoms with Crippen LogP contribution in [0.25, 0.3) is 6.08 Å². The van der Waals surface area contributed by atoms with Crippen molar-refractivity contribution in [1.82, 2.24) is 9.78 Å². The maximum absolute atomic E-state index is 12.5. The van der Waals surface area contributed by atoms with E-state index in [1.807, 2.05) is 32.0 Å². The number of aryl methyl sites for hydroxylation is 2. The Balaban J connectivity index is 1.70. The summed E-state index contributed by atoms with van der Waals surface area (Å²) in [4.78, 5) is 25.0. The molecule has 1 aromatic heterocycles. The largest absolute Gasteiger partial charge is 0.322 e. The van der Waals surface area contributed by atoms with E-state index < -0.39 is 0 Å². The molecule has 0 atom stereocenters. The first kappa shape index (κ1) is 23.3. The minimum atomic E-state index is -0.295. The zero-order valence-corrected chi connectivity index (χ0v) is 19.2. The van der Waals surface area contributed by atoms with Gasteiger partial charge in [-0.05, 0) is 56.2 Å². The summed E-state index contributed by atoms with van der Waals surface area (Å²) in [7, 11) is 0. The lowest BCUT2D eigenvalue weighted by Crippen LogP contribution is -2.14. The first-order chi connectivity index (χ1) is 15.4. The van der Waals surface area contributed by atoms with E-state index in [-0.39, 0.29) is 11.8 Å². The van der Waals surface area contributed by atoms with Crippen molar-refractivity contribution in [2.24, 2.45) is 0 Å². The number of aromatic nitrogens is 2. The summed E-state index contributed by atoms with van der Waals surface area (Å²) in [5, 5.41) is 10.7. The van der Waals surface area contributed by atoms with E-state index in [2.05, 4.69) is 22.7 Å². The monoisotopic (exact) mass is 450 g/mol. The van der Waals surface area contributed by atoms with Gasteiger partial charge in [-0.25, -0.2) is 0 Å². The summed E-state index contributed by atoms with van der Waals surface area (Å²) in [5.41, 5.74) is 4.09. The topological polar surface area (TPSA) is 76.0 Å². The summed E-state index contributed by atoms with van der Waals surface area (Å²) >= 11 is 6.43. The Morgan fingerprint density at radius 3 is 2.41 bits per heavy atom. The molecule has 0 saturated heterocycles. The second-order valence-electron chi connectivity index (χ2n) is 7.49. The Morgan fingerprint density at radius 1 is 1.03 bits per heavy atom. The average Bonchev–Trinajstić information content (AvgIpc) is 3.06. The highest BCUT2D eigenvalue weighted by Gasteiger charge is 2.13. The van der Waals surface area contributed by atoms with Crippen molar-refractivity contribution in [1.29, 1.82) is 0 Å². The van der Waals surface area contributed by atoms with E-state index in [4.69, 9.17) is 11.6 Å². The molecule has 3 rings (SSSR count). The number of unbranched alkanes of at least 4 members (excludes halogenated alkanes) is 1. The van der Waals surface area contributed by atoms with Crippen LogP contribution in [0.2, 0.25) is 5.15 Å². The van der Waals surface area contributed by atoms with Crippen molar-refractivity contribution < 1.29 is 9.59 Å². The van der Waals surface area contributed by atoms with E-state index in [0.717, 1.165) is 36.2 Å². The molecule has 0 unspecified atom stereocenters. The molecule has 0 aliphatic heterocycles. The number of amides is 2. The second kappa shape index (κ2) is 10.8. The molecule has 0 aliphatic rings. The van der Waals surface area contributed by atoms with Gasteiger partial charge in [0.05, 0.1) is 5.69 Å². The van der Waals surface area contributed by atoms with E-state index in [0.29, 0.717) is 22.1 Å². The van der Waals surface area contributed by atoms with Gasteiger partial charge in [-0.3, -0.25) is 14.3 Å². The molecule has 6 nitrogen and oxygen atoms in total. The van der Waals surface area contributed by atoms with Crippen LogP contribution in [0.1, 0.15) is 46.9 Å². The molecular weight excluding hydrogens is 424 g/mol. The summed E-state index contributed by atoms with van der Waals surface area (Å²) in [6, 6.07) is 14.4. The van der Waals surface area contributed by atoms with E-state index >= 15 is 0 Å². The number of nitrogens with zero attached hydrogens (tertiary/aromatic N) is 2. The van der Waals surface area contributed by atoms with Gasteiger partial charge in [0.15, 0.2) is 0 Å². The van der Waals surface area contributed by atoms with Crippen LogP contribution in [0.15, 0.2) is 54.6 Å². The number of hydrogen-bond donors (Lipinski definition) is 2. The number of benzene rings is 2. The fraction of sp³-hybridized carbons (Fsp3) is 0.240. The molecule has 2 amide bonds. The first-order valence-corrected chi connectivity index (χ1v) is 11.0. The van der Waals surface area contributed by atoms with Gasteiger partial charge in [-0.2, -0.15) is 5.10 Å². The normalized spacial score (nSPS) is 11.0. The van der Waals surface area contributed by atoms with Crippen LogP contribution in [0, 0.1) is 13.8 Å². The Bertz CT molecular complexity index is 1140. The predicted molar refractivity (Wildman–Crippen MR) is 130 cm³/mol. The molecule has 0 fully saturated rings. The fourth-order valence-electron chi connectivity index (χ4n) is 3.24. The van der Waals surface area contributed by atoms with Crippen LogP contribution in [-0.4, -0.2) is 21.6 Å². The van der Waals surface area contributed by atoms with Gasteiger partial charge in [0.1, 0.15) is 5.15 Å². The van der Waals surface area contributed by atoms with Crippen LogP contribution in [0.5, 0.6) is 0 Å². The predicted octanol–water partition coefficient (Wildman–Crippen LogP) is 5.86. The van der Waals surface area contributed by atoms with Crippen molar-refractivity contribution in [2.45, 2.75) is 40.2 Å². The lowest BCUT2D eigenvalue weighted by atomic mass is 10.1. The minimum Gasteiger partial charge on any atom is -0.322 e. The van der Waals surface area contributed by atoms with Gasteiger partial charge in [-0.1, -0.05) is 49.2 Å². The van der Waals surface area contributed by atoms with Crippen molar-refractivity contribution in [2.75, 3.05) is 10.6 Å². The fourth-order valence-corrected chi connectivity index (χ4v) is 3.56. The molecule has 32 heavy (non-hydrogen) atoms. The number of carbonyl (C=O) groups is 2. The van der Waals surface area contributed by atoms with Crippen LogP contribution in [0.3, 0.4) is 0 Å². The molecule has 0 radical (unpaired) electrons. The third-order valence-corrected chi connectivity index (χ3v) is 5.51. The molecule has 3 aromatic rings. The number of halogens is 1. The Labute approximate surface area is 193 Å². The van der Waals surface area contributed by atoms with Gasteiger partial charge < -0.3 is 10.6 Å². The van der Waals surface area contributed by atoms with Gasteiger partial charge in [-0.15, -0.1) is 0 Å². The maximum Gasteiger partial charge on any atom is 0.255 e. The van der Waals surface area contributed by atoms with E-state index in [1.54, 1.807) is 41.1 Å². The zero-order chi connectivity index (χ0) is 23.1. The highest BCUT2D eigenvalue weighted by Crippen LogP contribution is 2.25. The summed E-state index contributed by atoms with van der Waals surface area (Å²) < 4.78 is 1.76. The molecule has 2 N–H and O–H groups in total. The Morgan fingerprint density at radius 2 is 1.72 bits per heavy atom. The maximum atomic E-state index is 12.5. The molecule has 0 aliphatic carbocycles. The van der Waals surface area contributed by atoms with Crippen LogP contribution < -0.4 is 10.6 Å². The third-order valence-electron chi connectivity index (χ3n) is 5.11. The van der Waals surface area contributed by atoms with Crippen LogP contribution in [-0.2, 0) is 11.3 Å². The Hall–Kier alpha value is -3.38. The number of rotatable bonds is 8. The smallest absolute Gasteiger partial charge is 0.255 e. The third kappa shape index (κ3) is 5.65. The Kier molecular flexibility index (Phi) is 7.84. The van der Waals surface area contributed by atoms with Crippen LogP contribution in [0.4, 0.5) is 11.4 Å². The van der Waals surface area contributed by atoms with Gasteiger partial charge in [0, 0.05) is 35.1 Å². The van der Waals surface area contributed by atoms with Crippen LogP contribution >= 0.6 is 11.6 Å². The molecule has 1 heterocycles. The highest BCUT2D eigenvalue weighted by molar-refractivity contribution is 6.31. The lowest BCUT2D eigenvalue weighted by molar-refractivity contribution is -0.111. The first-order valence-electron chi connectivity index (χ1n) is 10.6. The van der Waals surface area contributed by atoms with Crippen molar-refractivity contribution >= 4 is 40.9 Å². The zero-order valence-electron chi connectivity index (χ0n) is 18.5. The van der Waals surface area contributed by atoms with E-state index in [1.165, 1.54) is 6.08 Å². The molecule has 0 bridgehead atoms. The van der Waals surface area contributed by atoms with Crippen molar-refractivity contribution in [3.8, 4) is 0 Å². The lowest BCUT2D eigenvalue weighted by Gasteiger charge is -2.13. The number of anilines is 2. The number of nitrogens with one attached hydrogen (secondary N) is 2. The highest BCUT2D eigenvalue weighted by atomic mass is 35.5. The van der Waals surface area contributed by atoms with Crippen molar-refractivity contribution in [3.05, 3.63) is 82.1 Å². The SMILES string of the molecule is CCCCn1nc(C)c(C=CC(=O)Nc2cccc(NC(=O)c3ccccc3)c2C)c1Cl. The van der Waals surface area contributed by atoms with Gasteiger partial charge in [0.25, 0.3) is 5.91 Å². The number of carbonyl (C=O) groups excluding carboxylic acids is 2. The van der Waals surface area contributed by atoms with Gasteiger partial charge in [0.2, 0.25) is 5.91 Å². The number of hydrogen-bond acceptors (Lipinski definition) is 3. The molecular formula is C25H27ClN4O2.